The van der Waals surface area contributed by atoms with E-state index in [1.54, 1.807) is 0 Å². The van der Waals surface area contributed by atoms with Gasteiger partial charge in [-0.3, -0.25) is 4.98 Å². The molecule has 0 saturated carbocycles. The van der Waals surface area contributed by atoms with E-state index in [9.17, 15) is 0 Å². The minimum atomic E-state index is 0.479. The highest BCUT2D eigenvalue weighted by atomic mass is 14.6. The Morgan fingerprint density at radius 1 is 1.33 bits per heavy atom. The lowest BCUT2D eigenvalue weighted by atomic mass is 9.72. The van der Waals surface area contributed by atoms with E-state index in [1.807, 2.05) is 6.20 Å². The van der Waals surface area contributed by atoms with Gasteiger partial charge in [-0.05, 0) is 54.2 Å². The molecule has 1 atom stereocenters. The summed E-state index contributed by atoms with van der Waals surface area (Å²) in [4.78, 5) is 4.23. The van der Waals surface area contributed by atoms with Crippen LogP contribution >= 0.6 is 0 Å². The lowest BCUT2D eigenvalue weighted by molar-refractivity contribution is 0.198. The van der Waals surface area contributed by atoms with Crippen molar-refractivity contribution in [2.75, 3.05) is 0 Å². The molecule has 2 rings (SSSR count). The second-order valence-electron chi connectivity index (χ2n) is 5.48. The molecular formula is C14H21N. The minimum absolute atomic E-state index is 0.479. The highest BCUT2D eigenvalue weighted by Crippen LogP contribution is 2.39. The molecule has 0 N–H and O–H groups in total. The highest BCUT2D eigenvalue weighted by molar-refractivity contribution is 5.26. The van der Waals surface area contributed by atoms with Crippen LogP contribution in [0, 0.1) is 11.3 Å². The minimum Gasteiger partial charge on any atom is -0.264 e. The smallest absolute Gasteiger partial charge is 0.0302 e. The van der Waals surface area contributed by atoms with Gasteiger partial charge < -0.3 is 0 Å². The van der Waals surface area contributed by atoms with Gasteiger partial charge >= 0.3 is 0 Å². The van der Waals surface area contributed by atoms with Crippen molar-refractivity contribution in [1.29, 1.82) is 0 Å². The van der Waals surface area contributed by atoms with Crippen LogP contribution in [-0.2, 0) is 12.8 Å². The van der Waals surface area contributed by atoms with Crippen molar-refractivity contribution in [3.8, 4) is 0 Å². The number of nitrogens with zero attached hydrogens (tertiary/aromatic N) is 1. The van der Waals surface area contributed by atoms with Crippen LogP contribution in [0.1, 0.15) is 44.7 Å². The normalized spacial score (nSPS) is 26.1. The molecule has 1 heteroatoms. The molecular weight excluding hydrogens is 182 g/mol. The van der Waals surface area contributed by atoms with Crippen LogP contribution in [0.5, 0.6) is 0 Å². The number of aromatic nitrogens is 1. The van der Waals surface area contributed by atoms with E-state index in [0.29, 0.717) is 5.41 Å². The van der Waals surface area contributed by atoms with Crippen molar-refractivity contribution >= 4 is 0 Å². The molecule has 1 aliphatic rings. The fraction of sp³-hybridized carbons (Fsp3) is 0.643. The molecule has 0 spiro atoms. The van der Waals surface area contributed by atoms with Gasteiger partial charge in [0.1, 0.15) is 0 Å². The quantitative estimate of drug-likeness (QED) is 0.635. The van der Waals surface area contributed by atoms with Gasteiger partial charge in [-0.25, -0.2) is 0 Å². The molecule has 82 valence electrons. The summed E-state index contributed by atoms with van der Waals surface area (Å²) in [6.45, 7) is 7.14. The number of aryl methyl sites for hydroxylation is 1. The summed E-state index contributed by atoms with van der Waals surface area (Å²) in [5.74, 6) is 0.761. The van der Waals surface area contributed by atoms with Crippen LogP contribution in [0.4, 0.5) is 0 Å². The third-order valence-electron chi connectivity index (χ3n) is 4.19. The van der Waals surface area contributed by atoms with Crippen molar-refractivity contribution in [3.63, 3.8) is 0 Å². The summed E-state index contributed by atoms with van der Waals surface area (Å²) in [5.41, 5.74) is 3.48. The summed E-state index contributed by atoms with van der Waals surface area (Å²) < 4.78 is 0. The van der Waals surface area contributed by atoms with Crippen molar-refractivity contribution in [2.24, 2.45) is 11.3 Å². The molecule has 1 nitrogen and oxygen atoms in total. The molecule has 0 aromatic carbocycles. The van der Waals surface area contributed by atoms with Crippen molar-refractivity contribution in [1.82, 2.24) is 4.98 Å². The van der Waals surface area contributed by atoms with Crippen molar-refractivity contribution in [2.45, 2.75) is 46.5 Å². The largest absolute Gasteiger partial charge is 0.264 e. The molecule has 0 bridgehead atoms. The van der Waals surface area contributed by atoms with Crippen LogP contribution in [0.15, 0.2) is 18.5 Å². The van der Waals surface area contributed by atoms with Crippen LogP contribution in [0.25, 0.3) is 0 Å². The third kappa shape index (κ3) is 2.06. The van der Waals surface area contributed by atoms with Crippen LogP contribution in [-0.4, -0.2) is 4.98 Å². The Morgan fingerprint density at radius 3 is 2.87 bits per heavy atom. The molecule has 0 fully saturated rings. The summed E-state index contributed by atoms with van der Waals surface area (Å²) in [6.07, 6.45) is 9.09. The Balaban J connectivity index is 2.32. The first-order chi connectivity index (χ1) is 7.12. The molecule has 0 amide bonds. The lowest BCUT2D eigenvalue weighted by Crippen LogP contribution is -2.25. The third-order valence-corrected chi connectivity index (χ3v) is 4.19. The molecule has 1 aromatic rings. The topological polar surface area (TPSA) is 12.9 Å². The van der Waals surface area contributed by atoms with E-state index >= 15 is 0 Å². The zero-order valence-electron chi connectivity index (χ0n) is 10.1. The molecule has 1 aromatic heterocycles. The van der Waals surface area contributed by atoms with Crippen LogP contribution in [0.2, 0.25) is 0 Å². The van der Waals surface area contributed by atoms with E-state index in [4.69, 9.17) is 0 Å². The van der Waals surface area contributed by atoms with Crippen molar-refractivity contribution < 1.29 is 0 Å². The van der Waals surface area contributed by atoms with E-state index in [2.05, 4.69) is 38.0 Å². The van der Waals surface area contributed by atoms with Gasteiger partial charge in [-0.2, -0.15) is 0 Å². The fourth-order valence-corrected chi connectivity index (χ4v) is 2.55. The van der Waals surface area contributed by atoms with Gasteiger partial charge in [0.15, 0.2) is 0 Å². The Bertz CT molecular complexity index is 343. The Hall–Kier alpha value is -0.850. The van der Waals surface area contributed by atoms with Gasteiger partial charge in [0.2, 0.25) is 0 Å². The number of hydrogen-bond acceptors (Lipinski definition) is 1. The van der Waals surface area contributed by atoms with Gasteiger partial charge in [-0.15, -0.1) is 0 Å². The summed E-state index contributed by atoms with van der Waals surface area (Å²) >= 11 is 0. The number of rotatable bonds is 1. The van der Waals surface area contributed by atoms with Gasteiger partial charge in [0, 0.05) is 12.4 Å². The molecule has 0 saturated heterocycles. The van der Waals surface area contributed by atoms with Gasteiger partial charge in [0.05, 0.1) is 0 Å². The summed E-state index contributed by atoms with van der Waals surface area (Å²) in [7, 11) is 0. The maximum Gasteiger partial charge on any atom is 0.0302 e. The fourth-order valence-electron chi connectivity index (χ4n) is 2.55. The SMILES string of the molecule is CC(C)[C@]1(C)CCCc2cnccc2C1. The average molecular weight is 203 g/mol. The second-order valence-corrected chi connectivity index (χ2v) is 5.48. The molecule has 0 radical (unpaired) electrons. The van der Waals surface area contributed by atoms with Gasteiger partial charge in [-0.1, -0.05) is 20.8 Å². The Labute approximate surface area is 92.9 Å². The average Bonchev–Trinajstić information content (AvgIpc) is 2.36. The Morgan fingerprint density at radius 2 is 2.13 bits per heavy atom. The van der Waals surface area contributed by atoms with Crippen LogP contribution < -0.4 is 0 Å². The Kier molecular flexibility index (Phi) is 2.81. The van der Waals surface area contributed by atoms with Crippen LogP contribution in [0.3, 0.4) is 0 Å². The first-order valence-corrected chi connectivity index (χ1v) is 6.03. The molecule has 0 unspecified atom stereocenters. The molecule has 0 aliphatic heterocycles. The molecule has 15 heavy (non-hydrogen) atoms. The predicted molar refractivity (Wildman–Crippen MR) is 63.8 cm³/mol. The standard InChI is InChI=1S/C14H21N/c1-11(2)14(3)7-4-5-13-10-15-8-6-12(13)9-14/h6,8,10-11H,4-5,7,9H2,1-3H3/t14-/m1/s1. The van der Waals surface area contributed by atoms with Crippen molar-refractivity contribution in [3.05, 3.63) is 29.6 Å². The first-order valence-electron chi connectivity index (χ1n) is 6.03. The number of pyridine rings is 1. The summed E-state index contributed by atoms with van der Waals surface area (Å²) in [6, 6.07) is 2.21. The number of hydrogen-bond donors (Lipinski definition) is 0. The lowest BCUT2D eigenvalue weighted by Gasteiger charge is -2.33. The first kappa shape index (κ1) is 10.7. The number of fused-ring (bicyclic) bond motifs is 1. The van der Waals surface area contributed by atoms with Gasteiger partial charge in [0.25, 0.3) is 0 Å². The zero-order chi connectivity index (χ0) is 10.9. The van der Waals surface area contributed by atoms with E-state index in [1.165, 1.54) is 36.8 Å². The zero-order valence-corrected chi connectivity index (χ0v) is 10.1. The summed E-state index contributed by atoms with van der Waals surface area (Å²) in [5, 5.41) is 0. The molecule has 1 heterocycles. The predicted octanol–water partition coefficient (Wildman–Crippen LogP) is 3.62. The van der Waals surface area contributed by atoms with E-state index < -0.39 is 0 Å². The van der Waals surface area contributed by atoms with E-state index in [0.717, 1.165) is 5.92 Å². The molecule has 1 aliphatic carbocycles. The monoisotopic (exact) mass is 203 g/mol. The highest BCUT2D eigenvalue weighted by Gasteiger charge is 2.30. The maximum atomic E-state index is 4.23. The second kappa shape index (κ2) is 3.96. The van der Waals surface area contributed by atoms with E-state index in [-0.39, 0.29) is 0 Å². The maximum absolute atomic E-state index is 4.23.